The molecule has 1 aromatic rings. The third kappa shape index (κ3) is 5.87. The number of nitrogens with zero attached hydrogens (tertiary/aromatic N) is 2. The summed E-state index contributed by atoms with van der Waals surface area (Å²) in [6.45, 7) is 10.1. The second-order valence-electron chi connectivity index (χ2n) is 4.87. The summed E-state index contributed by atoms with van der Waals surface area (Å²) in [7, 11) is 0. The molecule has 0 bridgehead atoms. The SMILES string of the molecule is CCOC(=O)CC(C)NCCCn1nc(C)cc1C. The van der Waals surface area contributed by atoms with Crippen molar-refractivity contribution in [3.05, 3.63) is 17.5 Å². The van der Waals surface area contributed by atoms with Gasteiger partial charge in [0.05, 0.1) is 18.7 Å². The van der Waals surface area contributed by atoms with Crippen molar-refractivity contribution in [1.29, 1.82) is 0 Å². The Kier molecular flexibility index (Phi) is 6.56. The summed E-state index contributed by atoms with van der Waals surface area (Å²) in [5.41, 5.74) is 2.25. The first-order valence-electron chi connectivity index (χ1n) is 6.93. The molecule has 0 aliphatic rings. The topological polar surface area (TPSA) is 56.1 Å². The van der Waals surface area contributed by atoms with Crippen molar-refractivity contribution in [1.82, 2.24) is 15.1 Å². The van der Waals surface area contributed by atoms with E-state index in [1.165, 1.54) is 5.69 Å². The number of hydrogen-bond acceptors (Lipinski definition) is 4. The first-order chi connectivity index (χ1) is 9.02. The van der Waals surface area contributed by atoms with E-state index in [0.29, 0.717) is 13.0 Å². The molecular weight excluding hydrogens is 242 g/mol. The highest BCUT2D eigenvalue weighted by Crippen LogP contribution is 2.02. The van der Waals surface area contributed by atoms with Gasteiger partial charge in [-0.25, -0.2) is 0 Å². The van der Waals surface area contributed by atoms with Gasteiger partial charge in [0.25, 0.3) is 0 Å². The molecule has 0 radical (unpaired) electrons. The number of nitrogens with one attached hydrogen (secondary N) is 1. The number of rotatable bonds is 8. The van der Waals surface area contributed by atoms with E-state index in [1.807, 2.05) is 25.5 Å². The van der Waals surface area contributed by atoms with Gasteiger partial charge in [0.15, 0.2) is 0 Å². The van der Waals surface area contributed by atoms with E-state index in [1.54, 1.807) is 0 Å². The predicted octanol–water partition coefficient (Wildman–Crippen LogP) is 1.82. The second-order valence-corrected chi connectivity index (χ2v) is 4.87. The lowest BCUT2D eigenvalue weighted by atomic mass is 10.2. The van der Waals surface area contributed by atoms with Crippen molar-refractivity contribution in [3.63, 3.8) is 0 Å². The molecule has 0 aliphatic heterocycles. The first-order valence-corrected chi connectivity index (χ1v) is 6.93. The molecule has 0 amide bonds. The molecular formula is C14H25N3O2. The molecule has 0 aromatic carbocycles. The molecule has 0 aliphatic carbocycles. The van der Waals surface area contributed by atoms with Crippen molar-refractivity contribution in [2.24, 2.45) is 0 Å². The van der Waals surface area contributed by atoms with Crippen LogP contribution in [0.4, 0.5) is 0 Å². The van der Waals surface area contributed by atoms with Gasteiger partial charge in [-0.3, -0.25) is 9.48 Å². The highest BCUT2D eigenvalue weighted by Gasteiger charge is 2.08. The monoisotopic (exact) mass is 267 g/mol. The largest absolute Gasteiger partial charge is 0.466 e. The number of ether oxygens (including phenoxy) is 1. The molecule has 0 saturated carbocycles. The standard InChI is InChI=1S/C14H25N3O2/c1-5-19-14(18)10-11(2)15-7-6-8-17-13(4)9-12(3)16-17/h9,11,15H,5-8,10H2,1-4H3. The Morgan fingerprint density at radius 3 is 2.84 bits per heavy atom. The predicted molar refractivity (Wildman–Crippen MR) is 75.0 cm³/mol. The van der Waals surface area contributed by atoms with Gasteiger partial charge in [0.1, 0.15) is 0 Å². The molecule has 0 saturated heterocycles. The summed E-state index contributed by atoms with van der Waals surface area (Å²) >= 11 is 0. The fourth-order valence-electron chi connectivity index (χ4n) is 2.02. The zero-order chi connectivity index (χ0) is 14.3. The lowest BCUT2D eigenvalue weighted by Crippen LogP contribution is -2.30. The Hall–Kier alpha value is -1.36. The molecule has 1 unspecified atom stereocenters. The van der Waals surface area contributed by atoms with Gasteiger partial charge in [-0.15, -0.1) is 0 Å². The minimum atomic E-state index is -0.138. The lowest BCUT2D eigenvalue weighted by molar-refractivity contribution is -0.143. The summed E-state index contributed by atoms with van der Waals surface area (Å²) in [4.78, 5) is 11.3. The van der Waals surface area contributed by atoms with Crippen LogP contribution in [0.2, 0.25) is 0 Å². The molecule has 19 heavy (non-hydrogen) atoms. The van der Waals surface area contributed by atoms with Crippen LogP contribution in [-0.4, -0.2) is 34.9 Å². The Bertz CT molecular complexity index is 401. The molecule has 5 nitrogen and oxygen atoms in total. The van der Waals surface area contributed by atoms with Crippen LogP contribution in [0.1, 0.15) is 38.1 Å². The molecule has 0 spiro atoms. The number of hydrogen-bond donors (Lipinski definition) is 1. The number of carbonyl (C=O) groups excluding carboxylic acids is 1. The van der Waals surface area contributed by atoms with Gasteiger partial charge in [0, 0.05) is 18.3 Å². The van der Waals surface area contributed by atoms with E-state index in [-0.39, 0.29) is 12.0 Å². The van der Waals surface area contributed by atoms with Crippen molar-refractivity contribution in [3.8, 4) is 0 Å². The van der Waals surface area contributed by atoms with Crippen molar-refractivity contribution in [2.45, 2.75) is 53.1 Å². The molecule has 108 valence electrons. The molecule has 1 atom stereocenters. The van der Waals surface area contributed by atoms with Crippen molar-refractivity contribution >= 4 is 5.97 Å². The maximum absolute atomic E-state index is 11.3. The number of carbonyl (C=O) groups is 1. The van der Waals surface area contributed by atoms with Crippen LogP contribution in [0.3, 0.4) is 0 Å². The molecule has 1 rings (SSSR count). The van der Waals surface area contributed by atoms with Gasteiger partial charge in [-0.2, -0.15) is 5.10 Å². The van der Waals surface area contributed by atoms with Gasteiger partial charge in [-0.1, -0.05) is 0 Å². The van der Waals surface area contributed by atoms with Gasteiger partial charge in [0.2, 0.25) is 0 Å². The molecule has 1 aromatic heterocycles. The number of aryl methyl sites for hydroxylation is 3. The van der Waals surface area contributed by atoms with E-state index in [9.17, 15) is 4.79 Å². The molecule has 1 N–H and O–H groups in total. The van der Waals surface area contributed by atoms with Gasteiger partial charge >= 0.3 is 5.97 Å². The van der Waals surface area contributed by atoms with Crippen LogP contribution in [0, 0.1) is 13.8 Å². The molecule has 1 heterocycles. The van der Waals surface area contributed by atoms with E-state index >= 15 is 0 Å². The maximum atomic E-state index is 11.3. The minimum absolute atomic E-state index is 0.138. The Balaban J connectivity index is 2.16. The molecule has 0 fully saturated rings. The van der Waals surface area contributed by atoms with Crippen molar-refractivity contribution in [2.75, 3.05) is 13.2 Å². The van der Waals surface area contributed by atoms with Crippen molar-refractivity contribution < 1.29 is 9.53 Å². The molecule has 5 heteroatoms. The Labute approximate surface area is 115 Å². The fourth-order valence-corrected chi connectivity index (χ4v) is 2.02. The maximum Gasteiger partial charge on any atom is 0.307 e. The Morgan fingerprint density at radius 2 is 2.26 bits per heavy atom. The van der Waals surface area contributed by atoms with Crippen LogP contribution >= 0.6 is 0 Å². The number of esters is 1. The number of aromatic nitrogens is 2. The summed E-state index contributed by atoms with van der Waals surface area (Å²) in [6, 6.07) is 2.23. The van der Waals surface area contributed by atoms with E-state index in [4.69, 9.17) is 4.74 Å². The zero-order valence-corrected chi connectivity index (χ0v) is 12.4. The van der Waals surface area contributed by atoms with Crippen LogP contribution in [-0.2, 0) is 16.1 Å². The summed E-state index contributed by atoms with van der Waals surface area (Å²) in [5.74, 6) is -0.138. The van der Waals surface area contributed by atoms with Crippen LogP contribution < -0.4 is 5.32 Å². The fraction of sp³-hybridized carbons (Fsp3) is 0.714. The average molecular weight is 267 g/mol. The summed E-state index contributed by atoms with van der Waals surface area (Å²) < 4.78 is 6.93. The van der Waals surface area contributed by atoms with Crippen LogP contribution in [0.5, 0.6) is 0 Å². The smallest absolute Gasteiger partial charge is 0.307 e. The highest BCUT2D eigenvalue weighted by atomic mass is 16.5. The van der Waals surface area contributed by atoms with Crippen LogP contribution in [0.25, 0.3) is 0 Å². The van der Waals surface area contributed by atoms with E-state index < -0.39 is 0 Å². The highest BCUT2D eigenvalue weighted by molar-refractivity contribution is 5.69. The second kappa shape index (κ2) is 7.94. The minimum Gasteiger partial charge on any atom is -0.466 e. The quantitative estimate of drug-likeness (QED) is 0.576. The van der Waals surface area contributed by atoms with Gasteiger partial charge in [-0.05, 0) is 46.7 Å². The van der Waals surface area contributed by atoms with Crippen LogP contribution in [0.15, 0.2) is 6.07 Å². The Morgan fingerprint density at radius 1 is 1.53 bits per heavy atom. The van der Waals surface area contributed by atoms with E-state index in [0.717, 1.165) is 25.2 Å². The summed E-state index contributed by atoms with van der Waals surface area (Å²) in [5, 5.41) is 7.74. The van der Waals surface area contributed by atoms with Gasteiger partial charge < -0.3 is 10.1 Å². The normalized spacial score (nSPS) is 12.4. The summed E-state index contributed by atoms with van der Waals surface area (Å²) in [6.07, 6.45) is 1.42. The average Bonchev–Trinajstić information content (AvgIpc) is 2.63. The third-order valence-corrected chi connectivity index (χ3v) is 2.92. The zero-order valence-electron chi connectivity index (χ0n) is 12.4. The third-order valence-electron chi connectivity index (χ3n) is 2.92. The first kappa shape index (κ1) is 15.7. The lowest BCUT2D eigenvalue weighted by Gasteiger charge is -2.13. The van der Waals surface area contributed by atoms with E-state index in [2.05, 4.69) is 23.4 Å².